The van der Waals surface area contributed by atoms with Crippen molar-refractivity contribution in [1.82, 2.24) is 10.4 Å². The van der Waals surface area contributed by atoms with E-state index >= 15 is 0 Å². The Morgan fingerprint density at radius 1 is 0.705 bits per heavy atom. The molecule has 6 nitrogen and oxygen atoms in total. The van der Waals surface area contributed by atoms with Crippen molar-refractivity contribution in [2.24, 2.45) is 5.41 Å². The second-order valence-corrected chi connectivity index (χ2v) is 16.7. The molecule has 0 radical (unpaired) electrons. The van der Waals surface area contributed by atoms with Gasteiger partial charge in [-0.1, -0.05) is 96.8 Å². The number of hydrogen-bond donors (Lipinski definition) is 1. The lowest BCUT2D eigenvalue weighted by atomic mass is 9.65. The summed E-state index contributed by atoms with van der Waals surface area (Å²) < 4.78 is 6.41. The van der Waals surface area contributed by atoms with Crippen molar-refractivity contribution in [3.63, 3.8) is 0 Å². The van der Waals surface area contributed by atoms with Crippen molar-refractivity contribution in [2.45, 2.75) is 219 Å². The number of rotatable bonds is 20. The van der Waals surface area contributed by atoms with Crippen molar-refractivity contribution in [3.05, 3.63) is 0 Å². The quantitative estimate of drug-likeness (QED) is 0.108. The van der Waals surface area contributed by atoms with Crippen molar-refractivity contribution in [3.8, 4) is 0 Å². The molecule has 1 N–H and O–H groups in total. The topological polar surface area (TPSA) is 67.9 Å². The number of esters is 1. The molecule has 2 aliphatic rings. The summed E-state index contributed by atoms with van der Waals surface area (Å²) >= 11 is 0. The Hall–Kier alpha value is -1.14. The molecular weight excluding hydrogens is 548 g/mol. The molecule has 0 aromatic carbocycles. The highest BCUT2D eigenvalue weighted by molar-refractivity contribution is 5.79. The molecule has 0 aromatic heterocycles. The van der Waals surface area contributed by atoms with E-state index in [0.717, 1.165) is 32.1 Å². The van der Waals surface area contributed by atoms with E-state index in [4.69, 9.17) is 9.57 Å². The van der Waals surface area contributed by atoms with Crippen LogP contribution < -0.4 is 5.32 Å². The summed E-state index contributed by atoms with van der Waals surface area (Å²) in [5.74, 6) is -0.491. The van der Waals surface area contributed by atoms with E-state index < -0.39 is 11.0 Å². The van der Waals surface area contributed by atoms with Gasteiger partial charge in [0, 0.05) is 24.8 Å². The Kier molecular flexibility index (Phi) is 15.7. The van der Waals surface area contributed by atoms with E-state index in [-0.39, 0.29) is 28.6 Å². The van der Waals surface area contributed by atoms with Gasteiger partial charge in [0.25, 0.3) is 0 Å². The zero-order valence-corrected chi connectivity index (χ0v) is 30.6. The maximum Gasteiger partial charge on any atom is 0.334 e. The van der Waals surface area contributed by atoms with Crippen LogP contribution in [0.2, 0.25) is 0 Å². The highest BCUT2D eigenvalue weighted by atomic mass is 16.7. The zero-order valence-electron chi connectivity index (χ0n) is 30.6. The smallest absolute Gasteiger partial charge is 0.334 e. The summed E-state index contributed by atoms with van der Waals surface area (Å²) in [7, 11) is 0. The van der Waals surface area contributed by atoms with E-state index in [9.17, 15) is 9.59 Å². The van der Waals surface area contributed by atoms with Gasteiger partial charge in [-0.05, 0) is 87.6 Å². The number of nitrogens with one attached hydrogen (secondary N) is 1. The minimum absolute atomic E-state index is 0.183. The van der Waals surface area contributed by atoms with Gasteiger partial charge in [0.1, 0.15) is 11.0 Å². The van der Waals surface area contributed by atoms with Crippen LogP contribution in [0.5, 0.6) is 0 Å². The normalized spacial score (nSPS) is 23.3. The zero-order chi connectivity index (χ0) is 32.9. The lowest BCUT2D eigenvalue weighted by Crippen LogP contribution is -2.65. The third-order valence-corrected chi connectivity index (χ3v) is 10.7. The van der Waals surface area contributed by atoms with Crippen LogP contribution in [0.1, 0.15) is 197 Å². The fraction of sp³-hybridized carbons (Fsp3) is 0.947. The molecule has 0 aliphatic carbocycles. The highest BCUT2D eigenvalue weighted by Crippen LogP contribution is 2.47. The van der Waals surface area contributed by atoms with Crippen LogP contribution in [-0.2, 0) is 19.2 Å². The van der Waals surface area contributed by atoms with Crippen LogP contribution in [-0.4, -0.2) is 45.8 Å². The average molecular weight is 621 g/mol. The number of hydroxylamine groups is 2. The van der Waals surface area contributed by atoms with Crippen LogP contribution >= 0.6 is 0 Å². The molecule has 0 spiro atoms. The van der Waals surface area contributed by atoms with Crippen molar-refractivity contribution < 1.29 is 19.2 Å². The fourth-order valence-corrected chi connectivity index (χ4v) is 7.73. The van der Waals surface area contributed by atoms with E-state index in [1.807, 2.05) is 18.9 Å². The third-order valence-electron chi connectivity index (χ3n) is 10.7. The van der Waals surface area contributed by atoms with Crippen LogP contribution in [0, 0.1) is 5.41 Å². The second-order valence-electron chi connectivity index (χ2n) is 16.7. The standard InChI is InChI=1S/C38H72N2O4/c1-10-11-12-13-14-15-16-17-18-19-20-21-22-23-24-26-32(41)43-38(29-30-39-34(2,3)31-38)37(8,9)33(42)44-40-35(4,5)27-25-28-36(40,6)7/h39H,10-31H2,1-9H3. The first kappa shape index (κ1) is 39.0. The van der Waals surface area contributed by atoms with Crippen LogP contribution in [0.15, 0.2) is 0 Å². The van der Waals surface area contributed by atoms with Crippen molar-refractivity contribution in [2.75, 3.05) is 6.54 Å². The van der Waals surface area contributed by atoms with Gasteiger partial charge in [0.05, 0.1) is 11.1 Å². The first-order valence-corrected chi connectivity index (χ1v) is 18.6. The summed E-state index contributed by atoms with van der Waals surface area (Å²) in [5, 5.41) is 5.47. The molecule has 1 atom stereocenters. The molecule has 2 fully saturated rings. The Morgan fingerprint density at radius 2 is 1.16 bits per heavy atom. The number of piperidine rings is 2. The first-order valence-electron chi connectivity index (χ1n) is 18.6. The van der Waals surface area contributed by atoms with E-state index in [2.05, 4.69) is 53.8 Å². The van der Waals surface area contributed by atoms with Gasteiger partial charge in [-0.3, -0.25) is 4.79 Å². The largest absolute Gasteiger partial charge is 0.458 e. The lowest BCUT2D eigenvalue weighted by molar-refractivity contribution is -0.280. The predicted octanol–water partition coefficient (Wildman–Crippen LogP) is 10.2. The summed E-state index contributed by atoms with van der Waals surface area (Å²) in [4.78, 5) is 33.6. The van der Waals surface area contributed by atoms with E-state index in [0.29, 0.717) is 25.8 Å². The molecule has 258 valence electrons. The van der Waals surface area contributed by atoms with Gasteiger partial charge in [0.2, 0.25) is 0 Å². The fourth-order valence-electron chi connectivity index (χ4n) is 7.73. The second kappa shape index (κ2) is 17.7. The predicted molar refractivity (Wildman–Crippen MR) is 183 cm³/mol. The maximum absolute atomic E-state index is 14.0. The third kappa shape index (κ3) is 11.9. The number of carbonyl (C=O) groups is 2. The molecule has 0 aromatic rings. The molecule has 2 saturated heterocycles. The molecule has 2 aliphatic heterocycles. The molecule has 2 heterocycles. The maximum atomic E-state index is 14.0. The van der Waals surface area contributed by atoms with E-state index in [1.54, 1.807) is 0 Å². The van der Waals surface area contributed by atoms with Gasteiger partial charge in [-0.2, -0.15) is 0 Å². The minimum Gasteiger partial charge on any atom is -0.458 e. The monoisotopic (exact) mass is 621 g/mol. The summed E-state index contributed by atoms with van der Waals surface area (Å²) in [6.45, 7) is 19.6. The van der Waals surface area contributed by atoms with Gasteiger partial charge in [-0.15, -0.1) is 5.06 Å². The molecule has 0 amide bonds. The number of hydrogen-bond acceptors (Lipinski definition) is 6. The Bertz CT molecular complexity index is 849. The van der Waals surface area contributed by atoms with Crippen LogP contribution in [0.25, 0.3) is 0 Å². The Labute approximate surface area is 272 Å². The lowest BCUT2D eigenvalue weighted by Gasteiger charge is -2.54. The number of unbranched alkanes of at least 4 members (excludes halogenated alkanes) is 14. The number of ether oxygens (including phenoxy) is 1. The molecular formula is C38H72N2O4. The molecule has 0 saturated carbocycles. The van der Waals surface area contributed by atoms with Gasteiger partial charge in [0.15, 0.2) is 0 Å². The SMILES string of the molecule is CCCCCCCCCCCCCCCCCC(=O)OC1(C(C)(C)C(=O)ON2C(C)(C)CCCC2(C)C)CCNC(C)(C)C1. The summed E-state index contributed by atoms with van der Waals surface area (Å²) in [6.07, 6.45) is 24.1. The van der Waals surface area contributed by atoms with Crippen molar-refractivity contribution >= 4 is 11.9 Å². The molecule has 44 heavy (non-hydrogen) atoms. The van der Waals surface area contributed by atoms with Crippen molar-refractivity contribution in [1.29, 1.82) is 0 Å². The highest BCUT2D eigenvalue weighted by Gasteiger charge is 2.59. The van der Waals surface area contributed by atoms with Gasteiger partial charge < -0.3 is 14.9 Å². The molecule has 0 bridgehead atoms. The molecule has 2 rings (SSSR count). The minimum atomic E-state index is -0.999. The Morgan fingerprint density at radius 3 is 1.61 bits per heavy atom. The van der Waals surface area contributed by atoms with Gasteiger partial charge >= 0.3 is 11.9 Å². The van der Waals surface area contributed by atoms with Gasteiger partial charge in [-0.25, -0.2) is 4.79 Å². The molecule has 1 unspecified atom stereocenters. The number of nitrogens with zero attached hydrogens (tertiary/aromatic N) is 1. The summed E-state index contributed by atoms with van der Waals surface area (Å²) in [6, 6.07) is 0. The number of carbonyl (C=O) groups excluding carboxylic acids is 2. The Balaban J connectivity index is 1.82. The van der Waals surface area contributed by atoms with Crippen LogP contribution in [0.4, 0.5) is 0 Å². The van der Waals surface area contributed by atoms with E-state index in [1.165, 1.54) is 83.5 Å². The summed E-state index contributed by atoms with van der Waals surface area (Å²) in [5.41, 5.74) is -2.68. The molecule has 6 heteroatoms. The average Bonchev–Trinajstić information content (AvgIpc) is 2.91. The van der Waals surface area contributed by atoms with Crippen LogP contribution in [0.3, 0.4) is 0 Å². The first-order chi connectivity index (χ1) is 20.6.